The van der Waals surface area contributed by atoms with Gasteiger partial charge in [0.2, 0.25) is 0 Å². The molecule has 1 aromatic heterocycles. The molecular weight excluding hydrogens is 256 g/mol. The summed E-state index contributed by atoms with van der Waals surface area (Å²) in [6.45, 7) is 6.88. The SMILES string of the molecule is CC(C)Cn1cc(CCCCNC2CC2)c2ccccc21. The maximum Gasteiger partial charge on any atom is 0.0483 e. The van der Waals surface area contributed by atoms with Crippen molar-refractivity contribution in [3.63, 3.8) is 0 Å². The van der Waals surface area contributed by atoms with Crippen LogP contribution >= 0.6 is 0 Å². The van der Waals surface area contributed by atoms with Crippen molar-refractivity contribution >= 4 is 10.9 Å². The first-order chi connectivity index (χ1) is 10.2. The molecule has 0 amide bonds. The molecule has 0 unspecified atom stereocenters. The lowest BCUT2D eigenvalue weighted by Gasteiger charge is -2.07. The molecule has 1 heterocycles. The number of para-hydroxylation sites is 1. The van der Waals surface area contributed by atoms with E-state index in [1.807, 2.05) is 0 Å². The second-order valence-corrected chi connectivity index (χ2v) is 6.90. The first kappa shape index (κ1) is 14.6. The highest BCUT2D eigenvalue weighted by molar-refractivity contribution is 5.83. The number of benzene rings is 1. The molecule has 114 valence electrons. The maximum atomic E-state index is 3.61. The quantitative estimate of drug-likeness (QED) is 0.712. The van der Waals surface area contributed by atoms with E-state index >= 15 is 0 Å². The Morgan fingerprint density at radius 3 is 2.76 bits per heavy atom. The zero-order chi connectivity index (χ0) is 14.7. The van der Waals surface area contributed by atoms with E-state index in [4.69, 9.17) is 0 Å². The van der Waals surface area contributed by atoms with Crippen LogP contribution in [0.3, 0.4) is 0 Å². The van der Waals surface area contributed by atoms with Crippen LogP contribution < -0.4 is 5.32 Å². The molecule has 3 rings (SSSR count). The number of aromatic nitrogens is 1. The van der Waals surface area contributed by atoms with Crippen LogP contribution in [0.25, 0.3) is 10.9 Å². The number of hydrogen-bond acceptors (Lipinski definition) is 1. The largest absolute Gasteiger partial charge is 0.347 e. The fourth-order valence-corrected chi connectivity index (χ4v) is 3.10. The van der Waals surface area contributed by atoms with Crippen molar-refractivity contribution < 1.29 is 0 Å². The third-order valence-electron chi connectivity index (χ3n) is 4.32. The second kappa shape index (κ2) is 6.65. The van der Waals surface area contributed by atoms with Gasteiger partial charge in [-0.2, -0.15) is 0 Å². The molecule has 1 aliphatic carbocycles. The van der Waals surface area contributed by atoms with Gasteiger partial charge in [-0.25, -0.2) is 0 Å². The molecular formula is C19H28N2. The number of unbranched alkanes of at least 4 members (excludes halogenated alkanes) is 1. The van der Waals surface area contributed by atoms with E-state index in [0.29, 0.717) is 5.92 Å². The number of fused-ring (bicyclic) bond motifs is 1. The minimum absolute atomic E-state index is 0.691. The number of nitrogens with one attached hydrogen (secondary N) is 1. The summed E-state index contributed by atoms with van der Waals surface area (Å²) >= 11 is 0. The molecule has 1 fully saturated rings. The van der Waals surface area contributed by atoms with Gasteiger partial charge >= 0.3 is 0 Å². The highest BCUT2D eigenvalue weighted by atomic mass is 15.0. The van der Waals surface area contributed by atoms with Crippen molar-refractivity contribution in [1.82, 2.24) is 9.88 Å². The van der Waals surface area contributed by atoms with E-state index < -0.39 is 0 Å². The fraction of sp³-hybridized carbons (Fsp3) is 0.579. The van der Waals surface area contributed by atoms with Gasteiger partial charge in [-0.3, -0.25) is 0 Å². The van der Waals surface area contributed by atoms with Crippen molar-refractivity contribution in [2.24, 2.45) is 5.92 Å². The Kier molecular flexibility index (Phi) is 4.64. The predicted molar refractivity (Wildman–Crippen MR) is 90.7 cm³/mol. The number of hydrogen-bond donors (Lipinski definition) is 1. The van der Waals surface area contributed by atoms with Crippen LogP contribution in [-0.2, 0) is 13.0 Å². The van der Waals surface area contributed by atoms with Gasteiger partial charge in [0.15, 0.2) is 0 Å². The van der Waals surface area contributed by atoms with Crippen molar-refractivity contribution in [3.8, 4) is 0 Å². The lowest BCUT2D eigenvalue weighted by Crippen LogP contribution is -2.17. The third-order valence-corrected chi connectivity index (χ3v) is 4.32. The van der Waals surface area contributed by atoms with Gasteiger partial charge in [-0.05, 0) is 56.2 Å². The Bertz CT molecular complexity index is 578. The van der Waals surface area contributed by atoms with Crippen LogP contribution in [0.2, 0.25) is 0 Å². The van der Waals surface area contributed by atoms with Crippen LogP contribution in [0, 0.1) is 5.92 Å². The van der Waals surface area contributed by atoms with Gasteiger partial charge in [-0.1, -0.05) is 32.0 Å². The average molecular weight is 284 g/mol. The lowest BCUT2D eigenvalue weighted by molar-refractivity contribution is 0.534. The predicted octanol–water partition coefficient (Wildman–Crippen LogP) is 4.37. The van der Waals surface area contributed by atoms with Gasteiger partial charge in [0.1, 0.15) is 0 Å². The first-order valence-electron chi connectivity index (χ1n) is 8.54. The standard InChI is InChI=1S/C19H28N2/c1-15(2)13-21-14-16(18-8-3-4-9-19(18)21)7-5-6-12-20-17-10-11-17/h3-4,8-9,14-15,17,20H,5-7,10-13H2,1-2H3. The molecule has 0 spiro atoms. The second-order valence-electron chi connectivity index (χ2n) is 6.90. The summed E-state index contributed by atoms with van der Waals surface area (Å²) in [6.07, 6.45) is 8.96. The molecule has 0 saturated heterocycles. The molecule has 21 heavy (non-hydrogen) atoms. The monoisotopic (exact) mass is 284 g/mol. The molecule has 1 aliphatic rings. The summed E-state index contributed by atoms with van der Waals surface area (Å²) in [6, 6.07) is 9.71. The maximum absolute atomic E-state index is 3.61. The summed E-state index contributed by atoms with van der Waals surface area (Å²) in [5.74, 6) is 0.691. The zero-order valence-corrected chi connectivity index (χ0v) is 13.4. The molecule has 1 saturated carbocycles. The third kappa shape index (κ3) is 3.88. The number of aryl methyl sites for hydroxylation is 1. The topological polar surface area (TPSA) is 17.0 Å². The first-order valence-corrected chi connectivity index (χ1v) is 8.54. The minimum atomic E-state index is 0.691. The molecule has 1 aromatic carbocycles. The molecule has 0 aliphatic heterocycles. The Balaban J connectivity index is 1.63. The van der Waals surface area contributed by atoms with E-state index in [1.165, 1.54) is 55.1 Å². The van der Waals surface area contributed by atoms with Crippen molar-refractivity contribution in [2.75, 3.05) is 6.54 Å². The normalized spacial score (nSPS) is 15.2. The Labute approximate surface area is 128 Å². The van der Waals surface area contributed by atoms with Crippen LogP contribution in [0.5, 0.6) is 0 Å². The number of nitrogens with zero attached hydrogens (tertiary/aromatic N) is 1. The average Bonchev–Trinajstić information content (AvgIpc) is 3.23. The van der Waals surface area contributed by atoms with Crippen LogP contribution in [0.1, 0.15) is 45.1 Å². The van der Waals surface area contributed by atoms with Crippen molar-refractivity contribution in [3.05, 3.63) is 36.0 Å². The summed E-state index contributed by atoms with van der Waals surface area (Å²) < 4.78 is 2.44. The summed E-state index contributed by atoms with van der Waals surface area (Å²) in [7, 11) is 0. The highest BCUT2D eigenvalue weighted by Gasteiger charge is 2.19. The number of rotatable bonds is 8. The van der Waals surface area contributed by atoms with Gasteiger partial charge in [0, 0.05) is 29.7 Å². The van der Waals surface area contributed by atoms with Crippen molar-refractivity contribution in [1.29, 1.82) is 0 Å². The molecule has 2 nitrogen and oxygen atoms in total. The minimum Gasteiger partial charge on any atom is -0.347 e. The zero-order valence-electron chi connectivity index (χ0n) is 13.4. The van der Waals surface area contributed by atoms with Crippen LogP contribution in [-0.4, -0.2) is 17.2 Å². The fourth-order valence-electron chi connectivity index (χ4n) is 3.10. The lowest BCUT2D eigenvalue weighted by atomic mass is 10.1. The van der Waals surface area contributed by atoms with Gasteiger partial charge in [0.05, 0.1) is 0 Å². The van der Waals surface area contributed by atoms with Gasteiger partial charge in [0.25, 0.3) is 0 Å². The van der Waals surface area contributed by atoms with E-state index in [2.05, 4.69) is 54.2 Å². The van der Waals surface area contributed by atoms with Crippen LogP contribution in [0.15, 0.2) is 30.5 Å². The van der Waals surface area contributed by atoms with Crippen LogP contribution in [0.4, 0.5) is 0 Å². The Hall–Kier alpha value is -1.28. The molecule has 2 heteroatoms. The van der Waals surface area contributed by atoms with Gasteiger partial charge in [-0.15, -0.1) is 0 Å². The van der Waals surface area contributed by atoms with E-state index in [0.717, 1.165) is 12.6 Å². The summed E-state index contributed by atoms with van der Waals surface area (Å²) in [5.41, 5.74) is 2.93. The van der Waals surface area contributed by atoms with E-state index in [1.54, 1.807) is 0 Å². The van der Waals surface area contributed by atoms with E-state index in [-0.39, 0.29) is 0 Å². The smallest absolute Gasteiger partial charge is 0.0483 e. The Morgan fingerprint density at radius 1 is 1.19 bits per heavy atom. The molecule has 0 bridgehead atoms. The molecule has 1 N–H and O–H groups in total. The van der Waals surface area contributed by atoms with Gasteiger partial charge < -0.3 is 9.88 Å². The van der Waals surface area contributed by atoms with E-state index in [9.17, 15) is 0 Å². The summed E-state index contributed by atoms with van der Waals surface area (Å²) in [5, 5.41) is 5.06. The Morgan fingerprint density at radius 2 is 2.00 bits per heavy atom. The molecule has 0 radical (unpaired) electrons. The molecule has 0 atom stereocenters. The summed E-state index contributed by atoms with van der Waals surface area (Å²) in [4.78, 5) is 0. The van der Waals surface area contributed by atoms with Crippen molar-refractivity contribution in [2.45, 2.75) is 58.5 Å². The molecule has 2 aromatic rings. The highest BCUT2D eigenvalue weighted by Crippen LogP contribution is 2.24.